The molecule has 0 atom stereocenters. The zero-order valence-corrected chi connectivity index (χ0v) is 15.9. The fraction of sp³-hybridized carbons (Fsp3) is 0.312. The molecular weight excluding hydrogens is 371 g/mol. The number of rotatable bonds is 4. The van der Waals surface area contributed by atoms with E-state index < -0.39 is 11.4 Å². The molecule has 5 nitrogen and oxygen atoms in total. The van der Waals surface area contributed by atoms with E-state index in [0.717, 1.165) is 11.3 Å². The third-order valence-electron chi connectivity index (χ3n) is 3.56. The number of nitrogens with one attached hydrogen (secondary N) is 1. The average Bonchev–Trinajstić information content (AvgIpc) is 2.86. The van der Waals surface area contributed by atoms with E-state index in [9.17, 15) is 9.59 Å². The Balaban J connectivity index is 2.27. The van der Waals surface area contributed by atoms with E-state index in [0.29, 0.717) is 31.3 Å². The summed E-state index contributed by atoms with van der Waals surface area (Å²) in [6, 6.07) is 4.99. The van der Waals surface area contributed by atoms with Crippen LogP contribution in [0.4, 0.5) is 5.13 Å². The number of benzene rings is 1. The Morgan fingerprint density at radius 2 is 1.96 bits per heavy atom. The molecule has 0 aliphatic heterocycles. The number of methoxy groups -OCH3 is 1. The fourth-order valence-electron chi connectivity index (χ4n) is 2.10. The zero-order chi connectivity index (χ0) is 18.1. The lowest BCUT2D eigenvalue weighted by molar-refractivity contribution is -0.120. The summed E-state index contributed by atoms with van der Waals surface area (Å²) in [4.78, 5) is 28.9. The van der Waals surface area contributed by atoms with Crippen LogP contribution in [0, 0.1) is 6.92 Å². The monoisotopic (exact) mass is 386 g/mol. The van der Waals surface area contributed by atoms with Gasteiger partial charge in [-0.25, -0.2) is 9.78 Å². The number of anilines is 1. The number of thiazole rings is 1. The summed E-state index contributed by atoms with van der Waals surface area (Å²) in [6.07, 6.45) is 0. The first kappa shape index (κ1) is 18.7. The summed E-state index contributed by atoms with van der Waals surface area (Å²) < 4.78 is 4.69. The molecule has 0 radical (unpaired) electrons. The van der Waals surface area contributed by atoms with Gasteiger partial charge in [0.15, 0.2) is 5.13 Å². The number of ether oxygens (including phenoxy) is 1. The highest BCUT2D eigenvalue weighted by molar-refractivity contribution is 7.17. The summed E-state index contributed by atoms with van der Waals surface area (Å²) in [7, 11) is 1.30. The first-order chi connectivity index (χ1) is 11.2. The van der Waals surface area contributed by atoms with Crippen LogP contribution >= 0.6 is 34.5 Å². The van der Waals surface area contributed by atoms with Crippen LogP contribution < -0.4 is 5.32 Å². The highest BCUT2D eigenvalue weighted by Crippen LogP contribution is 2.33. The number of hydrogen-bond acceptors (Lipinski definition) is 5. The van der Waals surface area contributed by atoms with Gasteiger partial charge >= 0.3 is 5.97 Å². The van der Waals surface area contributed by atoms with Gasteiger partial charge in [0.05, 0.1) is 18.2 Å². The quantitative estimate of drug-likeness (QED) is 0.787. The van der Waals surface area contributed by atoms with Gasteiger partial charge in [-0.15, -0.1) is 0 Å². The van der Waals surface area contributed by atoms with Gasteiger partial charge in [0.25, 0.3) is 0 Å². The molecule has 2 rings (SSSR count). The van der Waals surface area contributed by atoms with E-state index in [4.69, 9.17) is 23.2 Å². The van der Waals surface area contributed by atoms with Crippen LogP contribution in [0.5, 0.6) is 0 Å². The van der Waals surface area contributed by atoms with Gasteiger partial charge in [0.1, 0.15) is 4.88 Å². The summed E-state index contributed by atoms with van der Waals surface area (Å²) in [5, 5.41) is 3.97. The normalized spacial score (nSPS) is 11.2. The third-order valence-corrected chi connectivity index (χ3v) is 5.16. The molecule has 2 aromatic rings. The second-order valence-electron chi connectivity index (χ2n) is 5.63. The molecule has 128 valence electrons. The molecule has 0 bridgehead atoms. The summed E-state index contributed by atoms with van der Waals surface area (Å²) in [6.45, 7) is 5.18. The van der Waals surface area contributed by atoms with Gasteiger partial charge in [0, 0.05) is 10.0 Å². The fourth-order valence-corrected chi connectivity index (χ4v) is 3.63. The Bertz CT molecular complexity index is 803. The maximum absolute atomic E-state index is 12.7. The van der Waals surface area contributed by atoms with Crippen LogP contribution in [-0.4, -0.2) is 24.0 Å². The van der Waals surface area contributed by atoms with Crippen LogP contribution in [0.3, 0.4) is 0 Å². The van der Waals surface area contributed by atoms with Crippen LogP contribution in [0.1, 0.15) is 34.8 Å². The predicted molar refractivity (Wildman–Crippen MR) is 96.3 cm³/mol. The van der Waals surface area contributed by atoms with Gasteiger partial charge in [-0.1, -0.05) is 40.6 Å². The van der Waals surface area contributed by atoms with Crippen molar-refractivity contribution >= 4 is 51.5 Å². The van der Waals surface area contributed by atoms with Crippen molar-refractivity contribution in [3.05, 3.63) is 44.4 Å². The smallest absolute Gasteiger partial charge is 0.350 e. The highest BCUT2D eigenvalue weighted by atomic mass is 35.5. The molecule has 0 fully saturated rings. The second-order valence-corrected chi connectivity index (χ2v) is 7.47. The maximum atomic E-state index is 12.7. The van der Waals surface area contributed by atoms with Crippen molar-refractivity contribution in [2.45, 2.75) is 26.2 Å². The van der Waals surface area contributed by atoms with Crippen molar-refractivity contribution in [3.63, 3.8) is 0 Å². The Hall–Kier alpha value is -1.63. The van der Waals surface area contributed by atoms with E-state index >= 15 is 0 Å². The predicted octanol–water partition coefficient (Wildman–Crippen LogP) is 4.46. The third kappa shape index (κ3) is 3.71. The number of esters is 1. The average molecular weight is 387 g/mol. The number of carbonyl (C=O) groups is 2. The van der Waals surface area contributed by atoms with Crippen molar-refractivity contribution in [3.8, 4) is 0 Å². The van der Waals surface area contributed by atoms with E-state index in [2.05, 4.69) is 15.0 Å². The summed E-state index contributed by atoms with van der Waals surface area (Å²) in [5.74, 6) is -0.776. The molecule has 8 heteroatoms. The molecule has 0 aliphatic rings. The Morgan fingerprint density at radius 1 is 1.29 bits per heavy atom. The number of nitrogens with zero attached hydrogens (tertiary/aromatic N) is 1. The van der Waals surface area contributed by atoms with E-state index in [1.165, 1.54) is 7.11 Å². The maximum Gasteiger partial charge on any atom is 0.350 e. The number of halogens is 2. The molecule has 0 saturated carbocycles. The number of aryl methyl sites for hydroxylation is 1. The van der Waals surface area contributed by atoms with Gasteiger partial charge in [-0.3, -0.25) is 4.79 Å². The first-order valence-corrected chi connectivity index (χ1v) is 8.56. The number of amides is 1. The minimum atomic E-state index is -0.910. The molecule has 1 aromatic heterocycles. The molecular formula is C16H16Cl2N2O3S. The molecule has 24 heavy (non-hydrogen) atoms. The minimum Gasteiger partial charge on any atom is -0.465 e. The summed E-state index contributed by atoms with van der Waals surface area (Å²) in [5.41, 5.74) is 0.240. The molecule has 1 amide bonds. The van der Waals surface area contributed by atoms with Gasteiger partial charge in [0.2, 0.25) is 5.91 Å². The van der Waals surface area contributed by atoms with Crippen molar-refractivity contribution in [2.24, 2.45) is 0 Å². The Morgan fingerprint density at radius 3 is 2.54 bits per heavy atom. The lowest BCUT2D eigenvalue weighted by atomic mass is 9.83. The van der Waals surface area contributed by atoms with Crippen molar-refractivity contribution in [2.75, 3.05) is 12.4 Å². The van der Waals surface area contributed by atoms with Crippen molar-refractivity contribution < 1.29 is 14.3 Å². The molecule has 0 spiro atoms. The van der Waals surface area contributed by atoms with E-state index in [-0.39, 0.29) is 5.91 Å². The van der Waals surface area contributed by atoms with Gasteiger partial charge in [-0.2, -0.15) is 0 Å². The Labute approximate surface area is 153 Å². The van der Waals surface area contributed by atoms with E-state index in [1.807, 2.05) is 0 Å². The number of carbonyl (C=O) groups excluding carboxylic acids is 2. The van der Waals surface area contributed by atoms with Gasteiger partial charge < -0.3 is 10.1 Å². The topological polar surface area (TPSA) is 68.3 Å². The van der Waals surface area contributed by atoms with Crippen molar-refractivity contribution in [1.29, 1.82) is 0 Å². The number of hydrogen-bond donors (Lipinski definition) is 1. The SMILES string of the molecule is COC(=O)c1sc(NC(=O)C(C)(C)c2ccc(Cl)cc2Cl)nc1C. The van der Waals surface area contributed by atoms with Crippen LogP contribution in [0.25, 0.3) is 0 Å². The zero-order valence-electron chi connectivity index (χ0n) is 13.6. The van der Waals surface area contributed by atoms with Gasteiger partial charge in [-0.05, 0) is 38.5 Å². The molecule has 0 saturated heterocycles. The van der Waals surface area contributed by atoms with Crippen LogP contribution in [-0.2, 0) is 14.9 Å². The lowest BCUT2D eigenvalue weighted by Crippen LogP contribution is -2.35. The van der Waals surface area contributed by atoms with Crippen LogP contribution in [0.2, 0.25) is 10.0 Å². The summed E-state index contributed by atoms with van der Waals surface area (Å²) >= 11 is 13.2. The standard InChI is InChI=1S/C16H16Cl2N2O3S/c1-8-12(13(21)23-4)24-15(19-8)20-14(22)16(2,3)10-6-5-9(17)7-11(10)18/h5-7H,1-4H3,(H,19,20,22). The van der Waals surface area contributed by atoms with E-state index in [1.54, 1.807) is 39.0 Å². The Kier molecular flexibility index (Phi) is 5.52. The molecule has 1 heterocycles. The number of aromatic nitrogens is 1. The molecule has 1 aromatic carbocycles. The highest BCUT2D eigenvalue weighted by Gasteiger charge is 2.33. The largest absolute Gasteiger partial charge is 0.465 e. The first-order valence-electron chi connectivity index (χ1n) is 6.99. The van der Waals surface area contributed by atoms with Crippen molar-refractivity contribution in [1.82, 2.24) is 4.98 Å². The molecule has 0 unspecified atom stereocenters. The lowest BCUT2D eigenvalue weighted by Gasteiger charge is -2.24. The second kappa shape index (κ2) is 7.09. The minimum absolute atomic E-state index is 0.295. The molecule has 0 aliphatic carbocycles. The van der Waals surface area contributed by atoms with Crippen LogP contribution in [0.15, 0.2) is 18.2 Å². The molecule has 1 N–H and O–H groups in total.